The monoisotopic (exact) mass is 346 g/mol. The second-order valence-corrected chi connectivity index (χ2v) is 6.57. The van der Waals surface area contributed by atoms with Gasteiger partial charge in [-0.05, 0) is 25.0 Å². The minimum Gasteiger partial charge on any atom is -0.482 e. The molecule has 0 saturated heterocycles. The maximum absolute atomic E-state index is 12.6. The number of carbonyl (C=O) groups is 3. The molecule has 1 aliphatic carbocycles. The Bertz CT molecular complexity index is 686. The van der Waals surface area contributed by atoms with Crippen LogP contribution in [0.3, 0.4) is 0 Å². The molecule has 134 valence electrons. The van der Waals surface area contributed by atoms with Gasteiger partial charge in [0.25, 0.3) is 5.91 Å². The first-order valence-corrected chi connectivity index (χ1v) is 8.52. The van der Waals surface area contributed by atoms with Crippen molar-refractivity contribution in [2.24, 2.45) is 5.92 Å². The van der Waals surface area contributed by atoms with Gasteiger partial charge in [-0.1, -0.05) is 19.1 Å². The summed E-state index contributed by atoms with van der Waals surface area (Å²) >= 11 is 0. The molecule has 1 aliphatic heterocycles. The quantitative estimate of drug-likeness (QED) is 0.809. The number of hydrogen-bond acceptors (Lipinski definition) is 4. The van der Waals surface area contributed by atoms with E-state index in [4.69, 9.17) is 9.84 Å². The third kappa shape index (κ3) is 3.92. The fourth-order valence-corrected chi connectivity index (χ4v) is 2.96. The van der Waals surface area contributed by atoms with Crippen LogP contribution in [-0.2, 0) is 14.4 Å². The molecule has 1 unspecified atom stereocenters. The van der Waals surface area contributed by atoms with Crippen LogP contribution >= 0.6 is 0 Å². The molecule has 2 amide bonds. The van der Waals surface area contributed by atoms with E-state index in [1.807, 2.05) is 12.1 Å². The Labute approximate surface area is 146 Å². The Morgan fingerprint density at radius 1 is 1.36 bits per heavy atom. The first kappa shape index (κ1) is 17.3. The molecule has 0 spiro atoms. The Kier molecular flexibility index (Phi) is 4.92. The van der Waals surface area contributed by atoms with Gasteiger partial charge in [0.15, 0.2) is 6.61 Å². The largest absolute Gasteiger partial charge is 0.482 e. The maximum Gasteiger partial charge on any atom is 0.308 e. The number of carboxylic acids is 1. The van der Waals surface area contributed by atoms with Gasteiger partial charge < -0.3 is 19.6 Å². The van der Waals surface area contributed by atoms with Gasteiger partial charge in [-0.2, -0.15) is 0 Å². The third-order valence-corrected chi connectivity index (χ3v) is 4.56. The molecule has 1 heterocycles. The summed E-state index contributed by atoms with van der Waals surface area (Å²) in [5.74, 6) is -1.16. The fraction of sp³-hybridized carbons (Fsp3) is 0.500. The molecule has 0 bridgehead atoms. The zero-order valence-corrected chi connectivity index (χ0v) is 14.2. The summed E-state index contributed by atoms with van der Waals surface area (Å²) in [6.07, 6.45) is 2.00. The molecular formula is C18H22N2O5. The highest BCUT2D eigenvalue weighted by Crippen LogP contribution is 2.32. The summed E-state index contributed by atoms with van der Waals surface area (Å²) in [5, 5.41) is 9.09. The van der Waals surface area contributed by atoms with Gasteiger partial charge in [0, 0.05) is 25.6 Å². The summed E-state index contributed by atoms with van der Waals surface area (Å²) in [5.41, 5.74) is 0.670. The highest BCUT2D eigenvalue weighted by Gasteiger charge is 2.35. The number of rotatable bonds is 7. The van der Waals surface area contributed by atoms with Crippen molar-refractivity contribution in [3.63, 3.8) is 0 Å². The minimum atomic E-state index is -0.907. The molecule has 1 fully saturated rings. The van der Waals surface area contributed by atoms with E-state index in [2.05, 4.69) is 0 Å². The number of carbonyl (C=O) groups excluding carboxylic acids is 2. The summed E-state index contributed by atoms with van der Waals surface area (Å²) in [6, 6.07) is 7.38. The number of anilines is 1. The van der Waals surface area contributed by atoms with Crippen molar-refractivity contribution in [1.29, 1.82) is 0 Å². The summed E-state index contributed by atoms with van der Waals surface area (Å²) in [6.45, 7) is 2.05. The van der Waals surface area contributed by atoms with Crippen LogP contribution in [0.5, 0.6) is 5.75 Å². The van der Waals surface area contributed by atoms with E-state index < -0.39 is 11.9 Å². The lowest BCUT2D eigenvalue weighted by atomic mass is 10.1. The SMILES string of the molecule is CC(CN(C(=O)CCN1C(=O)COc2ccccc21)C1CC1)C(=O)O. The lowest BCUT2D eigenvalue weighted by molar-refractivity contribution is -0.143. The van der Waals surface area contributed by atoms with Gasteiger partial charge in [0.05, 0.1) is 11.6 Å². The van der Waals surface area contributed by atoms with E-state index in [1.165, 1.54) is 0 Å². The van der Waals surface area contributed by atoms with Crippen LogP contribution in [0.15, 0.2) is 24.3 Å². The topological polar surface area (TPSA) is 87.2 Å². The summed E-state index contributed by atoms with van der Waals surface area (Å²) < 4.78 is 5.40. The number of aliphatic carboxylic acids is 1. The minimum absolute atomic E-state index is 0.0341. The van der Waals surface area contributed by atoms with Crippen molar-refractivity contribution in [2.45, 2.75) is 32.2 Å². The molecule has 3 rings (SSSR count). The second kappa shape index (κ2) is 7.13. The van der Waals surface area contributed by atoms with E-state index in [9.17, 15) is 14.4 Å². The smallest absolute Gasteiger partial charge is 0.308 e. The van der Waals surface area contributed by atoms with Crippen LogP contribution < -0.4 is 9.64 Å². The first-order valence-electron chi connectivity index (χ1n) is 8.52. The zero-order valence-electron chi connectivity index (χ0n) is 14.2. The number of carboxylic acid groups (broad SMARTS) is 1. The highest BCUT2D eigenvalue weighted by atomic mass is 16.5. The zero-order chi connectivity index (χ0) is 18.0. The van der Waals surface area contributed by atoms with Gasteiger partial charge in [-0.3, -0.25) is 14.4 Å². The normalized spacial score (nSPS) is 17.5. The van der Waals surface area contributed by atoms with Gasteiger partial charge in [-0.25, -0.2) is 0 Å². The van der Waals surface area contributed by atoms with Crippen molar-refractivity contribution in [3.8, 4) is 5.75 Å². The Morgan fingerprint density at radius 3 is 2.76 bits per heavy atom. The van der Waals surface area contributed by atoms with Crippen LogP contribution in [-0.4, -0.2) is 53.5 Å². The molecule has 0 aromatic heterocycles. The van der Waals surface area contributed by atoms with E-state index in [0.29, 0.717) is 11.4 Å². The predicted octanol–water partition coefficient (Wildman–Crippen LogP) is 1.51. The number of amides is 2. The number of nitrogens with zero attached hydrogens (tertiary/aromatic N) is 2. The predicted molar refractivity (Wildman–Crippen MR) is 90.4 cm³/mol. The lowest BCUT2D eigenvalue weighted by Crippen LogP contribution is -2.43. The average molecular weight is 346 g/mol. The molecule has 1 N–H and O–H groups in total. The van der Waals surface area contributed by atoms with Crippen molar-refractivity contribution < 1.29 is 24.2 Å². The number of benzene rings is 1. The van der Waals surface area contributed by atoms with E-state index in [0.717, 1.165) is 12.8 Å². The number of para-hydroxylation sites is 2. The van der Waals surface area contributed by atoms with Crippen molar-refractivity contribution in [2.75, 3.05) is 24.6 Å². The molecule has 1 aromatic rings. The molecular weight excluding hydrogens is 324 g/mol. The van der Waals surface area contributed by atoms with Gasteiger partial charge in [0.1, 0.15) is 5.75 Å². The van der Waals surface area contributed by atoms with Crippen molar-refractivity contribution in [3.05, 3.63) is 24.3 Å². The first-order chi connectivity index (χ1) is 12.0. The Morgan fingerprint density at radius 2 is 2.08 bits per heavy atom. The van der Waals surface area contributed by atoms with Crippen molar-refractivity contribution >= 4 is 23.5 Å². The van der Waals surface area contributed by atoms with Crippen LogP contribution in [0, 0.1) is 5.92 Å². The Hall–Kier alpha value is -2.57. The number of hydrogen-bond donors (Lipinski definition) is 1. The molecule has 1 saturated carbocycles. The molecule has 0 radical (unpaired) electrons. The van der Waals surface area contributed by atoms with Crippen molar-refractivity contribution in [1.82, 2.24) is 4.90 Å². The van der Waals surface area contributed by atoms with E-state index in [-0.39, 0.29) is 44.0 Å². The fourth-order valence-electron chi connectivity index (χ4n) is 2.96. The molecule has 1 aromatic carbocycles. The van der Waals surface area contributed by atoms with Crippen LogP contribution in [0.4, 0.5) is 5.69 Å². The number of ether oxygens (including phenoxy) is 1. The molecule has 2 aliphatic rings. The van der Waals surface area contributed by atoms with Gasteiger partial charge in [0.2, 0.25) is 5.91 Å². The lowest BCUT2D eigenvalue weighted by Gasteiger charge is -2.30. The second-order valence-electron chi connectivity index (χ2n) is 6.57. The van der Waals surface area contributed by atoms with Gasteiger partial charge in [-0.15, -0.1) is 0 Å². The van der Waals surface area contributed by atoms with E-state index >= 15 is 0 Å². The Balaban J connectivity index is 1.64. The number of fused-ring (bicyclic) bond motifs is 1. The standard InChI is InChI=1S/C18H22N2O5/c1-12(18(23)24)10-20(13-6-7-13)16(21)8-9-19-14-4-2-3-5-15(14)25-11-17(19)22/h2-5,12-13H,6-11H2,1H3,(H,23,24). The maximum atomic E-state index is 12.6. The third-order valence-electron chi connectivity index (χ3n) is 4.56. The molecule has 7 nitrogen and oxygen atoms in total. The van der Waals surface area contributed by atoms with E-state index in [1.54, 1.807) is 28.9 Å². The molecule has 7 heteroatoms. The summed E-state index contributed by atoms with van der Waals surface area (Å²) in [4.78, 5) is 39.1. The van der Waals surface area contributed by atoms with Crippen LogP contribution in [0.25, 0.3) is 0 Å². The van der Waals surface area contributed by atoms with Crippen LogP contribution in [0.1, 0.15) is 26.2 Å². The molecule has 1 atom stereocenters. The van der Waals surface area contributed by atoms with Gasteiger partial charge >= 0.3 is 5.97 Å². The van der Waals surface area contributed by atoms with Crippen LogP contribution in [0.2, 0.25) is 0 Å². The molecule has 25 heavy (non-hydrogen) atoms. The highest BCUT2D eigenvalue weighted by molar-refractivity contribution is 5.98. The summed E-state index contributed by atoms with van der Waals surface area (Å²) in [7, 11) is 0. The average Bonchev–Trinajstić information content (AvgIpc) is 3.43.